The van der Waals surface area contributed by atoms with Gasteiger partial charge in [0.15, 0.2) is 0 Å². The number of rotatable bonds is 1. The van der Waals surface area contributed by atoms with Crippen LogP contribution in [0.4, 0.5) is 11.4 Å². The van der Waals surface area contributed by atoms with Gasteiger partial charge in [-0.1, -0.05) is 12.1 Å². The Labute approximate surface area is 94.5 Å². The van der Waals surface area contributed by atoms with E-state index in [2.05, 4.69) is 32.5 Å². The average molecular weight is 217 g/mol. The monoisotopic (exact) mass is 217 g/mol. The van der Waals surface area contributed by atoms with Crippen molar-refractivity contribution in [1.82, 2.24) is 5.01 Å². The van der Waals surface area contributed by atoms with Gasteiger partial charge in [-0.15, -0.1) is 0 Å². The van der Waals surface area contributed by atoms with Crippen molar-refractivity contribution in [3.05, 3.63) is 24.3 Å². The van der Waals surface area contributed by atoms with Gasteiger partial charge >= 0.3 is 0 Å². The zero-order chi connectivity index (χ0) is 11.0. The standard InChI is InChI=1S/C11H15N5/c12-11-14-6-8-16(11)15-7-5-13-9-3-1-2-4-10(9)15/h1-4,13H,5-8H2,(H2,12,14). The summed E-state index contributed by atoms with van der Waals surface area (Å²) in [6.45, 7) is 3.52. The number of para-hydroxylation sites is 2. The molecule has 0 unspecified atom stereocenters. The molecule has 0 fully saturated rings. The molecule has 0 saturated carbocycles. The number of hydrazine groups is 1. The lowest BCUT2D eigenvalue weighted by molar-refractivity contribution is 0.413. The van der Waals surface area contributed by atoms with Crippen molar-refractivity contribution in [2.45, 2.75) is 0 Å². The topological polar surface area (TPSA) is 56.9 Å². The van der Waals surface area contributed by atoms with Gasteiger partial charge in [-0.2, -0.15) is 0 Å². The minimum atomic E-state index is 0.622. The van der Waals surface area contributed by atoms with Crippen molar-refractivity contribution in [2.75, 3.05) is 36.5 Å². The van der Waals surface area contributed by atoms with Gasteiger partial charge in [-0.05, 0) is 12.1 Å². The molecule has 3 rings (SSSR count). The van der Waals surface area contributed by atoms with Crippen molar-refractivity contribution in [3.63, 3.8) is 0 Å². The molecule has 5 nitrogen and oxygen atoms in total. The average Bonchev–Trinajstić information content (AvgIpc) is 2.75. The van der Waals surface area contributed by atoms with Crippen molar-refractivity contribution in [2.24, 2.45) is 10.7 Å². The number of aliphatic imine (C=N–C) groups is 1. The minimum absolute atomic E-state index is 0.622. The van der Waals surface area contributed by atoms with Crippen LogP contribution in [0.15, 0.2) is 29.3 Å². The maximum Gasteiger partial charge on any atom is 0.210 e. The molecule has 0 saturated heterocycles. The highest BCUT2D eigenvalue weighted by Crippen LogP contribution is 2.29. The van der Waals surface area contributed by atoms with Crippen LogP contribution >= 0.6 is 0 Å². The van der Waals surface area contributed by atoms with E-state index in [4.69, 9.17) is 5.73 Å². The molecule has 0 aromatic heterocycles. The number of nitrogens with two attached hydrogens (primary N) is 1. The fourth-order valence-corrected chi connectivity index (χ4v) is 2.22. The predicted molar refractivity (Wildman–Crippen MR) is 65.5 cm³/mol. The number of fused-ring (bicyclic) bond motifs is 1. The molecule has 16 heavy (non-hydrogen) atoms. The van der Waals surface area contributed by atoms with Gasteiger partial charge < -0.3 is 11.1 Å². The first-order valence-electron chi connectivity index (χ1n) is 5.54. The van der Waals surface area contributed by atoms with Gasteiger partial charge in [0.2, 0.25) is 5.96 Å². The molecule has 2 aliphatic rings. The Morgan fingerprint density at radius 2 is 2.06 bits per heavy atom. The smallest absolute Gasteiger partial charge is 0.210 e. The van der Waals surface area contributed by atoms with E-state index in [1.165, 1.54) is 5.69 Å². The molecular weight excluding hydrogens is 202 g/mol. The van der Waals surface area contributed by atoms with Crippen molar-refractivity contribution >= 4 is 17.3 Å². The summed E-state index contributed by atoms with van der Waals surface area (Å²) in [5, 5.41) is 7.64. The first kappa shape index (κ1) is 9.33. The Bertz CT molecular complexity index is 428. The molecule has 84 valence electrons. The van der Waals surface area contributed by atoms with Crippen molar-refractivity contribution < 1.29 is 0 Å². The molecule has 0 amide bonds. The molecule has 1 aromatic carbocycles. The zero-order valence-electron chi connectivity index (χ0n) is 9.06. The Kier molecular flexibility index (Phi) is 2.09. The van der Waals surface area contributed by atoms with Gasteiger partial charge in [0, 0.05) is 6.54 Å². The lowest BCUT2D eigenvalue weighted by Gasteiger charge is -2.38. The van der Waals surface area contributed by atoms with Crippen molar-refractivity contribution in [1.29, 1.82) is 0 Å². The molecule has 1 aromatic rings. The fraction of sp³-hybridized carbons (Fsp3) is 0.364. The van der Waals surface area contributed by atoms with E-state index >= 15 is 0 Å². The quantitative estimate of drug-likeness (QED) is 0.717. The summed E-state index contributed by atoms with van der Waals surface area (Å²) in [7, 11) is 0. The van der Waals surface area contributed by atoms with E-state index in [1.54, 1.807) is 0 Å². The maximum absolute atomic E-state index is 5.88. The van der Waals surface area contributed by atoms with E-state index in [1.807, 2.05) is 12.1 Å². The number of anilines is 2. The highest BCUT2D eigenvalue weighted by molar-refractivity contribution is 5.83. The largest absolute Gasteiger partial charge is 0.381 e. The molecule has 0 radical (unpaired) electrons. The summed E-state index contributed by atoms with van der Waals surface area (Å²) in [5.74, 6) is 0.622. The van der Waals surface area contributed by atoms with E-state index < -0.39 is 0 Å². The highest BCUT2D eigenvalue weighted by Gasteiger charge is 2.25. The lowest BCUT2D eigenvalue weighted by atomic mass is 10.2. The second kappa shape index (κ2) is 3.59. The van der Waals surface area contributed by atoms with E-state index in [9.17, 15) is 0 Å². The molecule has 3 N–H and O–H groups in total. The summed E-state index contributed by atoms with van der Waals surface area (Å²) in [5.41, 5.74) is 8.22. The third kappa shape index (κ3) is 1.36. The maximum atomic E-state index is 5.88. The zero-order valence-corrected chi connectivity index (χ0v) is 9.06. The summed E-state index contributed by atoms with van der Waals surface area (Å²) in [6, 6.07) is 8.27. The van der Waals surface area contributed by atoms with Crippen LogP contribution in [0.5, 0.6) is 0 Å². The molecule has 0 atom stereocenters. The minimum Gasteiger partial charge on any atom is -0.381 e. The second-order valence-electron chi connectivity index (χ2n) is 3.93. The van der Waals surface area contributed by atoms with Crippen LogP contribution in [0.2, 0.25) is 0 Å². The Morgan fingerprint density at radius 3 is 2.88 bits per heavy atom. The summed E-state index contributed by atoms with van der Waals surface area (Å²) < 4.78 is 0. The third-order valence-electron chi connectivity index (χ3n) is 2.96. The van der Waals surface area contributed by atoms with E-state index in [0.717, 1.165) is 31.9 Å². The normalized spacial score (nSPS) is 19.1. The summed E-state index contributed by atoms with van der Waals surface area (Å²) in [6.07, 6.45) is 0. The van der Waals surface area contributed by atoms with Crippen LogP contribution < -0.4 is 16.1 Å². The molecule has 5 heteroatoms. The molecule has 0 aliphatic carbocycles. The number of guanidine groups is 1. The van der Waals surface area contributed by atoms with Gasteiger partial charge in [-0.3, -0.25) is 10.0 Å². The van der Waals surface area contributed by atoms with Crippen LogP contribution in [0.1, 0.15) is 0 Å². The first-order valence-corrected chi connectivity index (χ1v) is 5.54. The van der Waals surface area contributed by atoms with Crippen LogP contribution in [0.25, 0.3) is 0 Å². The van der Waals surface area contributed by atoms with Gasteiger partial charge in [0.05, 0.1) is 31.0 Å². The Hall–Kier alpha value is -1.91. The van der Waals surface area contributed by atoms with Crippen LogP contribution in [-0.2, 0) is 0 Å². The van der Waals surface area contributed by atoms with E-state index in [0.29, 0.717) is 5.96 Å². The van der Waals surface area contributed by atoms with Crippen LogP contribution in [0.3, 0.4) is 0 Å². The summed E-state index contributed by atoms with van der Waals surface area (Å²) >= 11 is 0. The second-order valence-corrected chi connectivity index (χ2v) is 3.93. The number of benzene rings is 1. The number of hydrogen-bond acceptors (Lipinski definition) is 5. The SMILES string of the molecule is NC1=NCCN1N1CCNc2ccccc21. The molecule has 0 spiro atoms. The molecule has 2 heterocycles. The molecule has 0 bridgehead atoms. The predicted octanol–water partition coefficient (Wildman–Crippen LogP) is 0.464. The van der Waals surface area contributed by atoms with Crippen LogP contribution in [0, 0.1) is 0 Å². The summed E-state index contributed by atoms with van der Waals surface area (Å²) in [4.78, 5) is 4.22. The van der Waals surface area contributed by atoms with Gasteiger partial charge in [0.1, 0.15) is 0 Å². The first-order chi connectivity index (χ1) is 7.86. The number of hydrogen-bond donors (Lipinski definition) is 2. The molecule has 2 aliphatic heterocycles. The molecular formula is C11H15N5. The van der Waals surface area contributed by atoms with Gasteiger partial charge in [-0.25, -0.2) is 4.99 Å². The number of nitrogens with one attached hydrogen (secondary N) is 1. The van der Waals surface area contributed by atoms with Gasteiger partial charge in [0.25, 0.3) is 0 Å². The third-order valence-corrected chi connectivity index (χ3v) is 2.96. The van der Waals surface area contributed by atoms with Crippen molar-refractivity contribution in [3.8, 4) is 0 Å². The Balaban J connectivity index is 1.96. The highest BCUT2D eigenvalue weighted by atomic mass is 15.7. The van der Waals surface area contributed by atoms with E-state index in [-0.39, 0.29) is 0 Å². The lowest BCUT2D eigenvalue weighted by Crippen LogP contribution is -2.51. The fourth-order valence-electron chi connectivity index (χ4n) is 2.22. The Morgan fingerprint density at radius 1 is 1.19 bits per heavy atom. The van der Waals surface area contributed by atoms with Crippen LogP contribution in [-0.4, -0.2) is 37.1 Å². The number of nitrogens with zero attached hydrogens (tertiary/aromatic N) is 3.